The zero-order chi connectivity index (χ0) is 31.1. The van der Waals surface area contributed by atoms with E-state index in [1.165, 1.54) is 29.8 Å². The van der Waals surface area contributed by atoms with E-state index in [-0.39, 0.29) is 63.3 Å². The molecule has 0 atom stereocenters. The van der Waals surface area contributed by atoms with E-state index in [0.717, 1.165) is 17.1 Å². The molecule has 0 radical (unpaired) electrons. The highest BCUT2D eigenvalue weighted by Crippen LogP contribution is 2.36. The van der Waals surface area contributed by atoms with E-state index in [1.54, 1.807) is 6.07 Å². The van der Waals surface area contributed by atoms with Gasteiger partial charge in [-0.2, -0.15) is 23.5 Å². The highest BCUT2D eigenvalue weighted by Gasteiger charge is 2.39. The van der Waals surface area contributed by atoms with Crippen molar-refractivity contribution in [2.75, 3.05) is 5.32 Å². The van der Waals surface area contributed by atoms with Crippen molar-refractivity contribution in [3.05, 3.63) is 52.7 Å². The number of imidazole rings is 1. The Morgan fingerprint density at radius 2 is 1.84 bits per heavy atom. The smallest absolute Gasteiger partial charge is 0.353 e. The van der Waals surface area contributed by atoms with E-state index >= 15 is 0 Å². The number of carbonyl (C=O) groups is 3. The Morgan fingerprint density at radius 1 is 1.14 bits per heavy atom. The van der Waals surface area contributed by atoms with Gasteiger partial charge in [0.15, 0.2) is 11.5 Å². The van der Waals surface area contributed by atoms with Crippen molar-refractivity contribution in [3.8, 4) is 17.3 Å². The summed E-state index contributed by atoms with van der Waals surface area (Å²) < 4.78 is 42.8. The molecule has 0 saturated heterocycles. The van der Waals surface area contributed by atoms with E-state index in [1.807, 2.05) is 0 Å². The largest absolute Gasteiger partial charge is 0.435 e. The molecule has 16 heteroatoms. The number of benzene rings is 1. The summed E-state index contributed by atoms with van der Waals surface area (Å²) in [6.07, 6.45) is -0.0498. The lowest BCUT2D eigenvalue weighted by molar-refractivity contribution is -0.141. The number of nitriles is 1. The van der Waals surface area contributed by atoms with E-state index < -0.39 is 30.2 Å². The third-order valence-corrected chi connectivity index (χ3v) is 7.88. The molecule has 43 heavy (non-hydrogen) atoms. The summed E-state index contributed by atoms with van der Waals surface area (Å²) in [5.41, 5.74) is 4.58. The van der Waals surface area contributed by atoms with Crippen molar-refractivity contribution in [3.63, 3.8) is 0 Å². The van der Waals surface area contributed by atoms with Gasteiger partial charge in [-0.15, -0.1) is 0 Å². The third-order valence-electron chi connectivity index (χ3n) is 7.57. The molecular weight excluding hydrogens is 591 g/mol. The molecule has 226 valence electrons. The van der Waals surface area contributed by atoms with Crippen LogP contribution in [0.2, 0.25) is 5.02 Å². The lowest BCUT2D eigenvalue weighted by Crippen LogP contribution is -2.56. The standard InChI is InChI=1S/C27H27ClF3N9O3/c1-39-21(19-12-40(5-4-32)38-22(19)27(29,30)31)11-34-23(39)26(43)35-15-2-3-18(20(28)10-15)25(42)37-17-8-16(9-17)36-24(41)13-6-14(33)7-13/h2-3,10-14,16-17H,5-9,33H2,1H3,(H,35,43)(H,36,41)(H,37,42)/t13-,14-,16-,17+. The molecular formula is C27H27ClF3N9O3. The van der Waals surface area contributed by atoms with Crippen LogP contribution in [0.5, 0.6) is 0 Å². The van der Waals surface area contributed by atoms with E-state index in [9.17, 15) is 27.6 Å². The highest BCUT2D eigenvalue weighted by molar-refractivity contribution is 6.34. The number of hydrogen-bond acceptors (Lipinski definition) is 7. The maximum Gasteiger partial charge on any atom is 0.435 e. The van der Waals surface area contributed by atoms with Crippen molar-refractivity contribution in [1.29, 1.82) is 5.26 Å². The van der Waals surface area contributed by atoms with Crippen molar-refractivity contribution >= 4 is 35.0 Å². The first kappa shape index (κ1) is 30.1. The predicted molar refractivity (Wildman–Crippen MR) is 148 cm³/mol. The number of anilines is 1. The van der Waals surface area contributed by atoms with Gasteiger partial charge < -0.3 is 26.3 Å². The number of hydrogen-bond donors (Lipinski definition) is 4. The first-order chi connectivity index (χ1) is 20.3. The third kappa shape index (κ3) is 6.35. The van der Waals surface area contributed by atoms with Gasteiger partial charge in [-0.3, -0.25) is 19.1 Å². The second-order valence-corrected chi connectivity index (χ2v) is 11.1. The Balaban J connectivity index is 1.19. The second-order valence-electron chi connectivity index (χ2n) is 10.7. The molecule has 2 saturated carbocycles. The van der Waals surface area contributed by atoms with Gasteiger partial charge in [0.1, 0.15) is 6.54 Å². The minimum absolute atomic E-state index is 0.00306. The maximum absolute atomic E-state index is 13.6. The summed E-state index contributed by atoms with van der Waals surface area (Å²) in [6.45, 7) is -0.390. The molecule has 3 amide bonds. The van der Waals surface area contributed by atoms with E-state index in [4.69, 9.17) is 22.6 Å². The molecule has 2 fully saturated rings. The van der Waals surface area contributed by atoms with Crippen molar-refractivity contribution < 1.29 is 27.6 Å². The van der Waals surface area contributed by atoms with Gasteiger partial charge in [-0.25, -0.2) is 4.98 Å². The summed E-state index contributed by atoms with van der Waals surface area (Å²) in [7, 11) is 1.37. The molecule has 2 aromatic heterocycles. The Morgan fingerprint density at radius 3 is 2.47 bits per heavy atom. The van der Waals surface area contributed by atoms with E-state index in [2.05, 4.69) is 26.0 Å². The Hall–Kier alpha value is -4.42. The van der Waals surface area contributed by atoms with Crippen LogP contribution in [0.15, 0.2) is 30.6 Å². The molecule has 2 aliphatic carbocycles. The maximum atomic E-state index is 13.6. The molecule has 0 aliphatic heterocycles. The van der Waals surface area contributed by atoms with Gasteiger partial charge in [0.05, 0.1) is 34.1 Å². The molecule has 3 aromatic rings. The summed E-state index contributed by atoms with van der Waals surface area (Å²) in [5, 5.41) is 20.8. The SMILES string of the molecule is Cn1c(-c2cn(CC#N)nc2C(F)(F)F)cnc1C(=O)Nc1ccc(C(=O)N[C@H]2C[C@@H](NC(=O)[C@H]3C[C@H](N)C3)C2)c(Cl)c1. The zero-order valence-electron chi connectivity index (χ0n) is 22.8. The number of halogens is 4. The molecule has 2 aliphatic rings. The molecule has 0 unspecified atom stereocenters. The topological polar surface area (TPSA) is 173 Å². The number of alkyl halides is 3. The first-order valence-electron chi connectivity index (χ1n) is 13.4. The quantitative estimate of drug-likeness (QED) is 0.301. The minimum atomic E-state index is -4.80. The van der Waals surface area contributed by atoms with Gasteiger partial charge in [-0.1, -0.05) is 11.6 Å². The fraction of sp³-hybridized carbons (Fsp3) is 0.407. The number of rotatable bonds is 8. The normalized spacial score (nSPS) is 21.2. The Labute approximate surface area is 248 Å². The van der Waals surface area contributed by atoms with Gasteiger partial charge in [0, 0.05) is 43.0 Å². The van der Waals surface area contributed by atoms with Crippen molar-refractivity contribution in [1.82, 2.24) is 30.0 Å². The van der Waals surface area contributed by atoms with Gasteiger partial charge in [-0.05, 0) is 43.9 Å². The molecule has 5 N–H and O–H groups in total. The summed E-state index contributed by atoms with van der Waals surface area (Å²) in [4.78, 5) is 41.9. The molecule has 2 heterocycles. The molecule has 5 rings (SSSR count). The highest BCUT2D eigenvalue weighted by atomic mass is 35.5. The van der Waals surface area contributed by atoms with Gasteiger partial charge >= 0.3 is 6.18 Å². The summed E-state index contributed by atoms with van der Waals surface area (Å²) in [5.74, 6) is -1.37. The van der Waals surface area contributed by atoms with Crippen LogP contribution < -0.4 is 21.7 Å². The number of nitrogens with zero attached hydrogens (tertiary/aromatic N) is 5. The van der Waals surface area contributed by atoms with Gasteiger partial charge in [0.2, 0.25) is 5.91 Å². The van der Waals surface area contributed by atoms with Crippen LogP contribution in [0.3, 0.4) is 0 Å². The number of aromatic nitrogens is 4. The molecule has 1 aromatic carbocycles. The Bertz CT molecular complexity index is 1620. The second kappa shape index (κ2) is 11.7. The Kier molecular flexibility index (Phi) is 8.17. The zero-order valence-corrected chi connectivity index (χ0v) is 23.5. The fourth-order valence-electron chi connectivity index (χ4n) is 5.12. The van der Waals surface area contributed by atoms with Crippen LogP contribution in [-0.4, -0.2) is 55.2 Å². The van der Waals surface area contributed by atoms with Gasteiger partial charge in [0.25, 0.3) is 11.8 Å². The number of nitrogens with two attached hydrogens (primary N) is 1. The molecule has 0 bridgehead atoms. The van der Waals surface area contributed by atoms with Crippen molar-refractivity contribution in [2.24, 2.45) is 18.7 Å². The average Bonchev–Trinajstić information content (AvgIpc) is 3.49. The van der Waals surface area contributed by atoms with Crippen LogP contribution in [0.4, 0.5) is 18.9 Å². The lowest BCUT2D eigenvalue weighted by atomic mass is 9.79. The lowest BCUT2D eigenvalue weighted by Gasteiger charge is -2.39. The summed E-state index contributed by atoms with van der Waals surface area (Å²) >= 11 is 6.33. The fourth-order valence-corrected chi connectivity index (χ4v) is 5.38. The number of nitrogens with one attached hydrogen (secondary N) is 3. The van der Waals surface area contributed by atoms with Crippen molar-refractivity contribution in [2.45, 2.75) is 56.5 Å². The average molecular weight is 618 g/mol. The first-order valence-corrected chi connectivity index (χ1v) is 13.7. The van der Waals surface area contributed by atoms with Crippen LogP contribution >= 0.6 is 11.6 Å². The van der Waals surface area contributed by atoms with Crippen LogP contribution in [0.1, 0.15) is 52.4 Å². The molecule has 0 spiro atoms. The predicted octanol–water partition coefficient (Wildman–Crippen LogP) is 2.85. The molecule has 12 nitrogen and oxygen atoms in total. The van der Waals surface area contributed by atoms with Crippen LogP contribution in [0, 0.1) is 17.2 Å². The summed E-state index contributed by atoms with van der Waals surface area (Å²) in [6, 6.07) is 5.96. The van der Waals surface area contributed by atoms with E-state index in [0.29, 0.717) is 25.7 Å². The number of carbonyl (C=O) groups excluding carboxylic acids is 3. The van der Waals surface area contributed by atoms with Crippen LogP contribution in [-0.2, 0) is 24.6 Å². The monoisotopic (exact) mass is 617 g/mol. The minimum Gasteiger partial charge on any atom is -0.353 e. The van der Waals surface area contributed by atoms with Crippen LogP contribution in [0.25, 0.3) is 11.3 Å². The number of amides is 3.